The highest BCUT2D eigenvalue weighted by Gasteiger charge is 2.72. The van der Waals surface area contributed by atoms with E-state index in [-0.39, 0.29) is 4.90 Å². The van der Waals surface area contributed by atoms with E-state index >= 15 is 0 Å². The first-order valence-electron chi connectivity index (χ1n) is 7.14. The van der Waals surface area contributed by atoms with Gasteiger partial charge >= 0.3 is 0 Å². The minimum Gasteiger partial charge on any atom is -0.395 e. The Kier molecular flexibility index (Phi) is 4.47. The number of rotatable bonds is 4. The third-order valence-corrected chi connectivity index (χ3v) is 7.50. The quantitative estimate of drug-likeness (QED) is 0.811. The lowest BCUT2D eigenvalue weighted by Gasteiger charge is -2.06. The topological polar surface area (TPSA) is 78.2 Å². The Balaban J connectivity index is 2.06. The number of nitrogens with zero attached hydrogens (tertiary/aromatic N) is 1. The van der Waals surface area contributed by atoms with Crippen molar-refractivity contribution in [3.8, 4) is 6.07 Å². The number of aliphatic hydroxyl groups excluding tert-OH is 1. The molecule has 7 heteroatoms. The van der Waals surface area contributed by atoms with E-state index in [1.807, 2.05) is 6.07 Å². The van der Waals surface area contributed by atoms with Crippen molar-refractivity contribution < 1.29 is 13.5 Å². The van der Waals surface area contributed by atoms with Gasteiger partial charge in [-0.2, -0.15) is 5.26 Å². The maximum absolute atomic E-state index is 13.0. The number of hydrogen-bond acceptors (Lipinski definition) is 4. The molecule has 0 amide bonds. The molecule has 0 radical (unpaired) electrons. The van der Waals surface area contributed by atoms with Crippen LogP contribution >= 0.6 is 27.5 Å². The summed E-state index contributed by atoms with van der Waals surface area (Å²) in [6.45, 7) is -0.512. The molecule has 1 fully saturated rings. The van der Waals surface area contributed by atoms with Crippen molar-refractivity contribution in [3.63, 3.8) is 0 Å². The van der Waals surface area contributed by atoms with Crippen molar-refractivity contribution in [1.82, 2.24) is 0 Å². The molecule has 0 heterocycles. The predicted molar refractivity (Wildman–Crippen MR) is 94.4 cm³/mol. The predicted octanol–water partition coefficient (Wildman–Crippen LogP) is 3.54. The van der Waals surface area contributed by atoms with Crippen molar-refractivity contribution in [3.05, 3.63) is 63.6 Å². The molecule has 3 rings (SSSR count). The maximum atomic E-state index is 13.0. The average Bonchev–Trinajstić information content (AvgIpc) is 3.26. The second-order valence-electron chi connectivity index (χ2n) is 5.76. The Bertz CT molecular complexity index is 906. The number of benzene rings is 2. The molecule has 0 aromatic heterocycles. The molecule has 1 N–H and O–H groups in total. The highest BCUT2D eigenvalue weighted by molar-refractivity contribution is 9.10. The zero-order valence-electron chi connectivity index (χ0n) is 12.4. The van der Waals surface area contributed by atoms with Crippen LogP contribution in [0.15, 0.2) is 57.9 Å². The molecule has 3 atom stereocenters. The van der Waals surface area contributed by atoms with E-state index in [1.54, 1.807) is 24.3 Å². The van der Waals surface area contributed by atoms with Crippen LogP contribution in [0.1, 0.15) is 11.5 Å². The van der Waals surface area contributed by atoms with Crippen molar-refractivity contribution in [2.45, 2.75) is 16.1 Å². The summed E-state index contributed by atoms with van der Waals surface area (Å²) >= 11 is 9.15. The SMILES string of the molecule is N#C[C@@]1(CO)[C@H](c2ccc(Br)cc2)[C@@H]1S(=O)(=O)c1ccc(Cl)cc1. The fourth-order valence-electron chi connectivity index (χ4n) is 3.13. The largest absolute Gasteiger partial charge is 0.395 e. The highest BCUT2D eigenvalue weighted by atomic mass is 79.9. The summed E-state index contributed by atoms with van der Waals surface area (Å²) in [7, 11) is -3.77. The molecule has 0 aliphatic heterocycles. The molecule has 1 aliphatic carbocycles. The molecule has 0 spiro atoms. The molecular formula is C17H13BrClNO3S. The van der Waals surface area contributed by atoms with Gasteiger partial charge in [0.2, 0.25) is 0 Å². The van der Waals surface area contributed by atoms with E-state index in [4.69, 9.17) is 11.6 Å². The normalized spacial score (nSPS) is 25.9. The Labute approximate surface area is 153 Å². The third kappa shape index (κ3) is 2.66. The van der Waals surface area contributed by atoms with Crippen molar-refractivity contribution in [1.29, 1.82) is 5.26 Å². The minimum atomic E-state index is -3.77. The summed E-state index contributed by atoms with van der Waals surface area (Å²) in [5.74, 6) is -0.568. The summed E-state index contributed by atoms with van der Waals surface area (Å²) in [5.41, 5.74) is -0.608. The van der Waals surface area contributed by atoms with Gasteiger partial charge in [-0.25, -0.2) is 8.42 Å². The second-order valence-corrected chi connectivity index (χ2v) is 9.18. The molecular weight excluding hydrogens is 414 g/mol. The van der Waals surface area contributed by atoms with Crippen LogP contribution in [0.5, 0.6) is 0 Å². The summed E-state index contributed by atoms with van der Waals surface area (Å²) in [5, 5.41) is 18.8. The van der Waals surface area contributed by atoms with E-state index in [2.05, 4.69) is 15.9 Å². The number of halogens is 2. The average molecular weight is 427 g/mol. The van der Waals surface area contributed by atoms with Crippen LogP contribution in [-0.2, 0) is 9.84 Å². The summed E-state index contributed by atoms with van der Waals surface area (Å²) in [6.07, 6.45) is 0. The van der Waals surface area contributed by atoms with Crippen LogP contribution in [0.2, 0.25) is 5.02 Å². The first kappa shape index (κ1) is 17.4. The maximum Gasteiger partial charge on any atom is 0.183 e. The molecule has 1 saturated carbocycles. The monoisotopic (exact) mass is 425 g/mol. The van der Waals surface area contributed by atoms with Crippen LogP contribution < -0.4 is 0 Å². The van der Waals surface area contributed by atoms with E-state index in [1.165, 1.54) is 24.3 Å². The van der Waals surface area contributed by atoms with E-state index in [0.29, 0.717) is 5.02 Å². The van der Waals surface area contributed by atoms with Gasteiger partial charge in [-0.05, 0) is 42.0 Å². The van der Waals surface area contributed by atoms with Gasteiger partial charge in [-0.3, -0.25) is 0 Å². The zero-order chi connectivity index (χ0) is 17.5. The number of sulfone groups is 1. The number of aliphatic hydroxyl groups is 1. The highest BCUT2D eigenvalue weighted by Crippen LogP contribution is 2.63. The Hall–Kier alpha value is -1.39. The van der Waals surface area contributed by atoms with Crippen molar-refractivity contribution >= 4 is 37.4 Å². The fourth-order valence-corrected chi connectivity index (χ4v) is 5.84. The van der Waals surface area contributed by atoms with E-state index in [0.717, 1.165) is 10.0 Å². The molecule has 1 aliphatic rings. The van der Waals surface area contributed by atoms with Gasteiger partial charge in [0.25, 0.3) is 0 Å². The van der Waals surface area contributed by atoms with Gasteiger partial charge in [-0.15, -0.1) is 0 Å². The molecule has 0 saturated heterocycles. The van der Waals surface area contributed by atoms with Crippen molar-refractivity contribution in [2.24, 2.45) is 5.41 Å². The smallest absolute Gasteiger partial charge is 0.183 e. The molecule has 0 bridgehead atoms. The number of nitriles is 1. The standard InChI is InChI=1S/C17H13BrClNO3S/c18-12-3-1-11(2-4-12)15-16(17(15,9-20)10-21)24(22,23)14-7-5-13(19)6-8-14/h1-8,15-16,21H,10H2/t15-,16+,17-/m1/s1. The molecule has 0 unspecified atom stereocenters. The Morgan fingerprint density at radius 3 is 2.25 bits per heavy atom. The molecule has 2 aromatic carbocycles. The van der Waals surface area contributed by atoms with E-state index in [9.17, 15) is 18.8 Å². The van der Waals surface area contributed by atoms with Gasteiger partial charge in [-0.1, -0.05) is 39.7 Å². The third-order valence-electron chi connectivity index (χ3n) is 4.43. The van der Waals surface area contributed by atoms with Crippen molar-refractivity contribution in [2.75, 3.05) is 6.61 Å². The van der Waals surface area contributed by atoms with Gasteiger partial charge in [0, 0.05) is 15.4 Å². The zero-order valence-corrected chi connectivity index (χ0v) is 15.5. The minimum absolute atomic E-state index is 0.101. The first-order chi connectivity index (χ1) is 11.4. The summed E-state index contributed by atoms with van der Waals surface area (Å²) in [6, 6.07) is 15.0. The van der Waals surface area contributed by atoms with E-state index < -0.39 is 33.0 Å². The molecule has 124 valence electrons. The Morgan fingerprint density at radius 2 is 1.75 bits per heavy atom. The summed E-state index contributed by atoms with van der Waals surface area (Å²) in [4.78, 5) is 0.101. The van der Waals surface area contributed by atoms with Crippen LogP contribution in [0, 0.1) is 16.7 Å². The van der Waals surface area contributed by atoms with Gasteiger partial charge in [0.1, 0.15) is 5.41 Å². The van der Waals surface area contributed by atoms with Crippen LogP contribution in [0.3, 0.4) is 0 Å². The van der Waals surface area contributed by atoms with Crippen LogP contribution in [-0.4, -0.2) is 25.4 Å². The lowest BCUT2D eigenvalue weighted by Crippen LogP contribution is -2.18. The van der Waals surface area contributed by atoms with Crippen LogP contribution in [0.4, 0.5) is 0 Å². The van der Waals surface area contributed by atoms with Gasteiger partial charge < -0.3 is 5.11 Å². The Morgan fingerprint density at radius 1 is 1.17 bits per heavy atom. The fraction of sp³-hybridized carbons (Fsp3) is 0.235. The summed E-state index contributed by atoms with van der Waals surface area (Å²) < 4.78 is 26.8. The molecule has 4 nitrogen and oxygen atoms in total. The lowest BCUT2D eigenvalue weighted by molar-refractivity contribution is 0.242. The molecule has 24 heavy (non-hydrogen) atoms. The lowest BCUT2D eigenvalue weighted by atomic mass is 10.0. The van der Waals surface area contributed by atoms with Crippen LogP contribution in [0.25, 0.3) is 0 Å². The number of hydrogen-bond donors (Lipinski definition) is 1. The molecule has 2 aromatic rings. The first-order valence-corrected chi connectivity index (χ1v) is 9.85. The second kappa shape index (κ2) is 6.16. The van der Waals surface area contributed by atoms with Gasteiger partial charge in [0.15, 0.2) is 9.84 Å². The van der Waals surface area contributed by atoms with Gasteiger partial charge in [0.05, 0.1) is 22.8 Å².